The van der Waals surface area contributed by atoms with Crippen molar-refractivity contribution in [2.24, 2.45) is 0 Å². The lowest BCUT2D eigenvalue weighted by atomic mass is 10.1. The van der Waals surface area contributed by atoms with E-state index in [1.54, 1.807) is 12.1 Å². The maximum Gasteiger partial charge on any atom is 0.407 e. The van der Waals surface area contributed by atoms with Gasteiger partial charge in [-0.3, -0.25) is 9.78 Å². The molecular formula is C16H23NO5. The number of ether oxygens (including phenoxy) is 1. The van der Waals surface area contributed by atoms with Crippen molar-refractivity contribution in [3.63, 3.8) is 0 Å². The van der Waals surface area contributed by atoms with Crippen LogP contribution >= 0.6 is 0 Å². The normalized spacial score (nSPS) is 10.7. The van der Waals surface area contributed by atoms with Crippen molar-refractivity contribution in [3.05, 3.63) is 29.8 Å². The van der Waals surface area contributed by atoms with Crippen LogP contribution in [-0.2, 0) is 20.8 Å². The molecule has 1 aromatic carbocycles. The van der Waals surface area contributed by atoms with Crippen LogP contribution < -0.4 is 10.2 Å². The molecule has 1 N–H and O–H groups in total. The molecule has 0 bridgehead atoms. The molecule has 0 aliphatic rings. The molecule has 122 valence electrons. The Morgan fingerprint density at radius 1 is 1.14 bits per heavy atom. The van der Waals surface area contributed by atoms with Crippen LogP contribution in [0.5, 0.6) is 5.75 Å². The first kappa shape index (κ1) is 17.8. The summed E-state index contributed by atoms with van der Waals surface area (Å²) in [5, 5.41) is 2.71. The Kier molecular flexibility index (Phi) is 6.69. The van der Waals surface area contributed by atoms with Crippen LogP contribution in [0.2, 0.25) is 0 Å². The summed E-state index contributed by atoms with van der Waals surface area (Å²) in [6, 6.07) is 7.21. The third-order valence-electron chi connectivity index (χ3n) is 2.49. The minimum Gasteiger partial charge on any atom is -0.444 e. The molecule has 1 rings (SSSR count). The number of amides is 1. The van der Waals surface area contributed by atoms with Crippen molar-refractivity contribution in [2.45, 2.75) is 46.1 Å². The van der Waals surface area contributed by atoms with Crippen molar-refractivity contribution in [1.29, 1.82) is 0 Å². The van der Waals surface area contributed by atoms with E-state index in [4.69, 9.17) is 9.62 Å². The summed E-state index contributed by atoms with van der Waals surface area (Å²) in [7, 11) is 0. The zero-order chi connectivity index (χ0) is 16.6. The zero-order valence-corrected chi connectivity index (χ0v) is 13.5. The summed E-state index contributed by atoms with van der Waals surface area (Å²) in [4.78, 5) is 31.3. The molecule has 22 heavy (non-hydrogen) atoms. The van der Waals surface area contributed by atoms with Gasteiger partial charge >= 0.3 is 12.1 Å². The highest BCUT2D eigenvalue weighted by Gasteiger charge is 2.15. The van der Waals surface area contributed by atoms with Gasteiger partial charge in [-0.15, -0.1) is 0 Å². The van der Waals surface area contributed by atoms with Gasteiger partial charge in [0.25, 0.3) is 0 Å². The summed E-state index contributed by atoms with van der Waals surface area (Å²) in [5.41, 5.74) is 0.614. The standard InChI is InChI=1S/C16H23NO5/c1-12(18)21-22-14-9-7-13(8-10-14)6-5-11-17-15(19)20-16(2,3)4/h7-10H,5-6,11H2,1-4H3,(H,17,19). The van der Waals surface area contributed by atoms with Gasteiger partial charge in [0.1, 0.15) is 5.60 Å². The number of nitrogens with one attached hydrogen (secondary N) is 1. The second-order valence-corrected chi connectivity index (χ2v) is 5.83. The Morgan fingerprint density at radius 2 is 1.77 bits per heavy atom. The maximum absolute atomic E-state index is 11.5. The molecule has 0 saturated carbocycles. The summed E-state index contributed by atoms with van der Waals surface area (Å²) in [5.74, 6) is -0.0388. The van der Waals surface area contributed by atoms with E-state index < -0.39 is 17.7 Å². The maximum atomic E-state index is 11.5. The Labute approximate surface area is 130 Å². The highest BCUT2D eigenvalue weighted by atomic mass is 17.2. The third kappa shape index (κ3) is 8.14. The highest BCUT2D eigenvalue weighted by Crippen LogP contribution is 2.13. The lowest BCUT2D eigenvalue weighted by Crippen LogP contribution is -2.33. The monoisotopic (exact) mass is 309 g/mol. The number of alkyl carbamates (subject to hydrolysis) is 1. The predicted octanol–water partition coefficient (Wildman–Crippen LogP) is 3.00. The van der Waals surface area contributed by atoms with E-state index in [1.807, 2.05) is 32.9 Å². The number of rotatable bonds is 6. The van der Waals surface area contributed by atoms with E-state index in [2.05, 4.69) is 10.2 Å². The van der Waals surface area contributed by atoms with Gasteiger partial charge < -0.3 is 10.1 Å². The molecular weight excluding hydrogens is 286 g/mol. The SMILES string of the molecule is CC(=O)OOc1ccc(CCCNC(=O)OC(C)(C)C)cc1. The van der Waals surface area contributed by atoms with Gasteiger partial charge in [0.05, 0.1) is 0 Å². The minimum absolute atomic E-state index is 0.405. The largest absolute Gasteiger partial charge is 0.444 e. The van der Waals surface area contributed by atoms with Crippen LogP contribution in [0.15, 0.2) is 24.3 Å². The Morgan fingerprint density at radius 3 is 2.32 bits per heavy atom. The van der Waals surface area contributed by atoms with Gasteiger partial charge in [-0.1, -0.05) is 12.1 Å². The fourth-order valence-electron chi connectivity index (χ4n) is 1.62. The fourth-order valence-corrected chi connectivity index (χ4v) is 1.62. The average molecular weight is 309 g/mol. The van der Waals surface area contributed by atoms with E-state index >= 15 is 0 Å². The number of carbonyl (C=O) groups excluding carboxylic acids is 2. The molecule has 1 aromatic rings. The van der Waals surface area contributed by atoms with E-state index in [9.17, 15) is 9.59 Å². The molecule has 0 aromatic heterocycles. The summed E-state index contributed by atoms with van der Waals surface area (Å²) in [6.45, 7) is 7.29. The van der Waals surface area contributed by atoms with Crippen LogP contribution in [0.3, 0.4) is 0 Å². The first-order valence-corrected chi connectivity index (χ1v) is 7.17. The van der Waals surface area contributed by atoms with E-state index in [-0.39, 0.29) is 0 Å². The summed E-state index contributed by atoms with van der Waals surface area (Å²) in [6.07, 6.45) is 1.20. The van der Waals surface area contributed by atoms with Crippen LogP contribution in [0.25, 0.3) is 0 Å². The Bertz CT molecular complexity index is 490. The molecule has 0 unspecified atom stereocenters. The van der Waals surface area contributed by atoms with Crippen LogP contribution in [0.4, 0.5) is 4.79 Å². The predicted molar refractivity (Wildman–Crippen MR) is 81.4 cm³/mol. The zero-order valence-electron chi connectivity index (χ0n) is 13.5. The molecule has 0 radical (unpaired) electrons. The topological polar surface area (TPSA) is 73.9 Å². The average Bonchev–Trinajstić information content (AvgIpc) is 2.40. The van der Waals surface area contributed by atoms with Gasteiger partial charge in [-0.05, 0) is 51.3 Å². The van der Waals surface area contributed by atoms with Crippen molar-refractivity contribution in [2.75, 3.05) is 6.54 Å². The summed E-state index contributed by atoms with van der Waals surface area (Å²) >= 11 is 0. The number of benzene rings is 1. The van der Waals surface area contributed by atoms with Crippen LogP contribution in [0.1, 0.15) is 39.7 Å². The van der Waals surface area contributed by atoms with E-state index in [0.29, 0.717) is 12.3 Å². The smallest absolute Gasteiger partial charge is 0.407 e. The van der Waals surface area contributed by atoms with Gasteiger partial charge in [0.15, 0.2) is 5.75 Å². The van der Waals surface area contributed by atoms with Crippen molar-refractivity contribution < 1.29 is 24.1 Å². The van der Waals surface area contributed by atoms with E-state index in [0.717, 1.165) is 18.4 Å². The third-order valence-corrected chi connectivity index (χ3v) is 2.49. The molecule has 6 heteroatoms. The highest BCUT2D eigenvalue weighted by molar-refractivity contribution is 5.67. The first-order valence-electron chi connectivity index (χ1n) is 7.17. The molecule has 0 heterocycles. The molecule has 1 amide bonds. The lowest BCUT2D eigenvalue weighted by Gasteiger charge is -2.19. The van der Waals surface area contributed by atoms with Gasteiger partial charge in [-0.25, -0.2) is 9.59 Å². The molecule has 6 nitrogen and oxygen atoms in total. The number of carbonyl (C=O) groups is 2. The number of hydrogen-bond donors (Lipinski definition) is 1. The molecule has 0 atom stereocenters. The molecule has 0 aliphatic heterocycles. The molecule has 0 spiro atoms. The van der Waals surface area contributed by atoms with Crippen molar-refractivity contribution >= 4 is 12.1 Å². The lowest BCUT2D eigenvalue weighted by molar-refractivity contribution is -0.210. The van der Waals surface area contributed by atoms with Crippen molar-refractivity contribution in [1.82, 2.24) is 5.32 Å². The molecule has 0 saturated heterocycles. The van der Waals surface area contributed by atoms with Gasteiger partial charge in [-0.2, -0.15) is 0 Å². The Hall–Kier alpha value is -2.24. The first-order chi connectivity index (χ1) is 10.3. The molecule has 0 aliphatic carbocycles. The second-order valence-electron chi connectivity index (χ2n) is 5.83. The van der Waals surface area contributed by atoms with Crippen molar-refractivity contribution in [3.8, 4) is 5.75 Å². The van der Waals surface area contributed by atoms with Gasteiger partial charge in [0.2, 0.25) is 0 Å². The fraction of sp³-hybridized carbons (Fsp3) is 0.500. The molecule has 0 fully saturated rings. The minimum atomic E-state index is -0.503. The number of aryl methyl sites for hydroxylation is 1. The van der Waals surface area contributed by atoms with E-state index in [1.165, 1.54) is 6.92 Å². The van der Waals surface area contributed by atoms with Crippen LogP contribution in [-0.4, -0.2) is 24.2 Å². The number of hydrogen-bond acceptors (Lipinski definition) is 5. The van der Waals surface area contributed by atoms with Gasteiger partial charge in [0, 0.05) is 13.5 Å². The van der Waals surface area contributed by atoms with Crippen LogP contribution in [0, 0.1) is 0 Å². The summed E-state index contributed by atoms with van der Waals surface area (Å²) < 4.78 is 5.14. The second kappa shape index (κ2) is 8.26. The Balaban J connectivity index is 2.25. The quantitative estimate of drug-likeness (QED) is 0.497.